The topological polar surface area (TPSA) is 126 Å². The van der Waals surface area contributed by atoms with Crippen molar-refractivity contribution in [3.05, 3.63) is 82.4 Å². The van der Waals surface area contributed by atoms with Gasteiger partial charge in [-0.2, -0.15) is 5.26 Å². The molecule has 0 aliphatic carbocycles. The number of carbonyl (C=O) groups is 1. The standard InChI is InChI=1S/C23H21N5O3/c1-13-7-9-15(10-8-13)26-19(29)12-30-18-6-4-3-5-16(18)21-17(11-24)22(25)31-23-20(21)14(2)27-28-23/h3-10,21H,12,25H2,1-2H3,(H,26,29)(H,27,28). The van der Waals surface area contributed by atoms with Gasteiger partial charge in [0.15, 0.2) is 6.61 Å². The number of nitriles is 1. The normalized spacial score (nSPS) is 14.9. The molecule has 0 saturated heterocycles. The molecule has 8 heteroatoms. The Morgan fingerprint density at radius 3 is 2.74 bits per heavy atom. The van der Waals surface area contributed by atoms with Crippen molar-refractivity contribution < 1.29 is 14.3 Å². The fraction of sp³-hybridized carbons (Fsp3) is 0.174. The van der Waals surface area contributed by atoms with Gasteiger partial charge in [-0.15, -0.1) is 5.10 Å². The molecule has 1 atom stereocenters. The lowest BCUT2D eigenvalue weighted by molar-refractivity contribution is -0.118. The zero-order chi connectivity index (χ0) is 22.0. The summed E-state index contributed by atoms with van der Waals surface area (Å²) in [6, 6.07) is 16.9. The molecule has 0 radical (unpaired) electrons. The molecule has 31 heavy (non-hydrogen) atoms. The Bertz CT molecular complexity index is 1200. The minimum atomic E-state index is -0.524. The van der Waals surface area contributed by atoms with E-state index >= 15 is 0 Å². The summed E-state index contributed by atoms with van der Waals surface area (Å²) in [6.45, 7) is 3.63. The van der Waals surface area contributed by atoms with Gasteiger partial charge in [0.05, 0.1) is 5.92 Å². The van der Waals surface area contributed by atoms with Crippen LogP contribution in [0.1, 0.15) is 28.3 Å². The van der Waals surface area contributed by atoms with Crippen molar-refractivity contribution >= 4 is 11.6 Å². The largest absolute Gasteiger partial charge is 0.483 e. The Hall–Kier alpha value is -4.25. The molecule has 4 rings (SSSR count). The fourth-order valence-corrected chi connectivity index (χ4v) is 3.54. The van der Waals surface area contributed by atoms with Gasteiger partial charge in [-0.3, -0.25) is 9.89 Å². The third-order valence-corrected chi connectivity index (χ3v) is 5.05. The maximum atomic E-state index is 12.4. The molecule has 0 fully saturated rings. The van der Waals surface area contributed by atoms with Gasteiger partial charge >= 0.3 is 0 Å². The first-order valence-electron chi connectivity index (χ1n) is 9.68. The number of H-pyrrole nitrogens is 1. The van der Waals surface area contributed by atoms with Gasteiger partial charge in [-0.25, -0.2) is 0 Å². The number of rotatable bonds is 5. The molecule has 1 aliphatic heterocycles. The van der Waals surface area contributed by atoms with Crippen LogP contribution in [0.2, 0.25) is 0 Å². The van der Waals surface area contributed by atoms with Crippen LogP contribution in [0.5, 0.6) is 11.6 Å². The molecular weight excluding hydrogens is 394 g/mol. The molecule has 1 aliphatic rings. The third kappa shape index (κ3) is 3.94. The Balaban J connectivity index is 1.60. The van der Waals surface area contributed by atoms with Crippen molar-refractivity contribution in [2.45, 2.75) is 19.8 Å². The van der Waals surface area contributed by atoms with E-state index in [0.717, 1.165) is 11.3 Å². The number of nitrogens with zero attached hydrogens (tertiary/aromatic N) is 2. The number of aryl methyl sites for hydroxylation is 2. The van der Waals surface area contributed by atoms with Crippen molar-refractivity contribution in [2.75, 3.05) is 11.9 Å². The van der Waals surface area contributed by atoms with Crippen LogP contribution in [-0.2, 0) is 4.79 Å². The Labute approximate surface area is 179 Å². The first-order chi connectivity index (χ1) is 15.0. The Kier molecular flexibility index (Phi) is 5.33. The molecule has 1 unspecified atom stereocenters. The quantitative estimate of drug-likeness (QED) is 0.587. The second kappa shape index (κ2) is 8.24. The molecule has 8 nitrogen and oxygen atoms in total. The van der Waals surface area contributed by atoms with Crippen LogP contribution in [0.25, 0.3) is 0 Å². The molecule has 2 aromatic carbocycles. The highest BCUT2D eigenvalue weighted by Crippen LogP contribution is 2.45. The van der Waals surface area contributed by atoms with E-state index in [1.807, 2.05) is 50.2 Å². The van der Waals surface area contributed by atoms with Crippen LogP contribution in [0, 0.1) is 25.2 Å². The number of nitrogens with two attached hydrogens (primary N) is 1. The molecule has 2 heterocycles. The highest BCUT2D eigenvalue weighted by Gasteiger charge is 2.35. The molecule has 4 N–H and O–H groups in total. The summed E-state index contributed by atoms with van der Waals surface area (Å²) in [5.41, 5.74) is 10.2. The number of aromatic amines is 1. The number of amides is 1. The van der Waals surface area contributed by atoms with Crippen LogP contribution >= 0.6 is 0 Å². The van der Waals surface area contributed by atoms with E-state index in [-0.39, 0.29) is 24.0 Å². The van der Waals surface area contributed by atoms with Gasteiger partial charge < -0.3 is 20.5 Å². The number of aromatic nitrogens is 2. The number of fused-ring (bicyclic) bond motifs is 1. The van der Waals surface area contributed by atoms with Crippen LogP contribution < -0.4 is 20.5 Å². The lowest BCUT2D eigenvalue weighted by Crippen LogP contribution is -2.23. The number of hydrogen-bond acceptors (Lipinski definition) is 6. The van der Waals surface area contributed by atoms with Crippen molar-refractivity contribution in [3.8, 4) is 17.7 Å². The Morgan fingerprint density at radius 2 is 2.00 bits per heavy atom. The van der Waals surface area contributed by atoms with Crippen LogP contribution in [0.15, 0.2) is 60.0 Å². The number of nitrogens with one attached hydrogen (secondary N) is 2. The van der Waals surface area contributed by atoms with Crippen molar-refractivity contribution in [2.24, 2.45) is 5.73 Å². The molecule has 156 valence electrons. The van der Waals surface area contributed by atoms with Gasteiger partial charge in [0.2, 0.25) is 11.8 Å². The smallest absolute Gasteiger partial charge is 0.262 e. The number of allylic oxidation sites excluding steroid dienone is 1. The summed E-state index contributed by atoms with van der Waals surface area (Å²) in [5, 5.41) is 19.5. The summed E-state index contributed by atoms with van der Waals surface area (Å²) in [7, 11) is 0. The van der Waals surface area contributed by atoms with Gasteiger partial charge in [0, 0.05) is 22.5 Å². The van der Waals surface area contributed by atoms with Gasteiger partial charge in [-0.1, -0.05) is 35.9 Å². The molecule has 1 amide bonds. The van der Waals surface area contributed by atoms with Crippen molar-refractivity contribution in [1.29, 1.82) is 5.26 Å². The summed E-state index contributed by atoms with van der Waals surface area (Å²) in [4.78, 5) is 12.4. The molecule has 1 aromatic heterocycles. The number of anilines is 1. The summed E-state index contributed by atoms with van der Waals surface area (Å²) < 4.78 is 11.4. The van der Waals surface area contributed by atoms with Crippen LogP contribution in [-0.4, -0.2) is 22.7 Å². The Morgan fingerprint density at radius 1 is 1.26 bits per heavy atom. The molecule has 0 saturated carbocycles. The first-order valence-corrected chi connectivity index (χ1v) is 9.68. The van der Waals surface area contributed by atoms with Gasteiger partial charge in [0.1, 0.15) is 17.4 Å². The molecule has 0 spiro atoms. The summed E-state index contributed by atoms with van der Waals surface area (Å²) in [5.74, 6) is -0.0184. The first kappa shape index (κ1) is 20.0. The highest BCUT2D eigenvalue weighted by molar-refractivity contribution is 5.91. The number of ether oxygens (including phenoxy) is 2. The molecule has 0 bridgehead atoms. The van der Waals surface area contributed by atoms with E-state index in [0.29, 0.717) is 28.4 Å². The minimum Gasteiger partial charge on any atom is -0.483 e. The van der Waals surface area contributed by atoms with Crippen molar-refractivity contribution in [1.82, 2.24) is 10.2 Å². The van der Waals surface area contributed by atoms with E-state index in [1.165, 1.54) is 0 Å². The average molecular weight is 415 g/mol. The lowest BCUT2D eigenvalue weighted by Gasteiger charge is -2.25. The van der Waals surface area contributed by atoms with E-state index in [4.69, 9.17) is 15.2 Å². The summed E-state index contributed by atoms with van der Waals surface area (Å²) >= 11 is 0. The number of para-hydroxylation sites is 1. The van der Waals surface area contributed by atoms with Crippen LogP contribution in [0.4, 0.5) is 5.69 Å². The zero-order valence-electron chi connectivity index (χ0n) is 17.1. The molecular formula is C23H21N5O3. The highest BCUT2D eigenvalue weighted by atomic mass is 16.5. The molecule has 3 aromatic rings. The average Bonchev–Trinajstić information content (AvgIpc) is 3.13. The monoisotopic (exact) mass is 415 g/mol. The fourth-order valence-electron chi connectivity index (χ4n) is 3.54. The van der Waals surface area contributed by atoms with E-state index < -0.39 is 5.92 Å². The third-order valence-electron chi connectivity index (χ3n) is 5.05. The maximum absolute atomic E-state index is 12.4. The van der Waals surface area contributed by atoms with Gasteiger partial charge in [0.25, 0.3) is 5.91 Å². The van der Waals surface area contributed by atoms with E-state index in [2.05, 4.69) is 21.6 Å². The second-order valence-electron chi connectivity index (χ2n) is 7.23. The minimum absolute atomic E-state index is 0.00147. The predicted octanol–water partition coefficient (Wildman–Crippen LogP) is 3.26. The van der Waals surface area contributed by atoms with E-state index in [1.54, 1.807) is 12.1 Å². The number of hydrogen-bond donors (Lipinski definition) is 3. The van der Waals surface area contributed by atoms with Crippen molar-refractivity contribution in [3.63, 3.8) is 0 Å². The van der Waals surface area contributed by atoms with Crippen LogP contribution in [0.3, 0.4) is 0 Å². The van der Waals surface area contributed by atoms with E-state index in [9.17, 15) is 10.1 Å². The zero-order valence-corrected chi connectivity index (χ0v) is 17.1. The lowest BCUT2D eigenvalue weighted by atomic mass is 9.83. The SMILES string of the molecule is Cc1ccc(NC(=O)COc2ccccc2C2C(C#N)=C(N)Oc3n[nH]c(C)c32)cc1. The maximum Gasteiger partial charge on any atom is 0.262 e. The number of benzene rings is 2. The summed E-state index contributed by atoms with van der Waals surface area (Å²) in [6.07, 6.45) is 0. The number of carbonyl (C=O) groups excluding carboxylic acids is 1. The van der Waals surface area contributed by atoms with Gasteiger partial charge in [-0.05, 0) is 32.0 Å². The second-order valence-corrected chi connectivity index (χ2v) is 7.23. The predicted molar refractivity (Wildman–Crippen MR) is 114 cm³/mol.